The molecule has 0 saturated carbocycles. The standard InChI is InChI=1S/C14H31NO4/c1-5-17-9-11-19-14(6-7-15)12(2)13(3)18-10-8-16-4/h12-14H,5-11,15H2,1-4H3. The Morgan fingerprint density at radius 2 is 1.68 bits per heavy atom. The van der Waals surface area contributed by atoms with Gasteiger partial charge in [-0.2, -0.15) is 0 Å². The van der Waals surface area contributed by atoms with Gasteiger partial charge in [0.2, 0.25) is 0 Å². The Kier molecular flexibility index (Phi) is 12.7. The highest BCUT2D eigenvalue weighted by Gasteiger charge is 2.23. The van der Waals surface area contributed by atoms with Crippen LogP contribution in [0.1, 0.15) is 27.2 Å². The zero-order valence-corrected chi connectivity index (χ0v) is 12.9. The number of ether oxygens (including phenoxy) is 4. The van der Waals surface area contributed by atoms with Gasteiger partial charge in [-0.1, -0.05) is 6.92 Å². The summed E-state index contributed by atoms with van der Waals surface area (Å²) >= 11 is 0. The highest BCUT2D eigenvalue weighted by atomic mass is 16.5. The fourth-order valence-corrected chi connectivity index (χ4v) is 1.84. The van der Waals surface area contributed by atoms with E-state index in [9.17, 15) is 0 Å². The smallest absolute Gasteiger partial charge is 0.0704 e. The Balaban J connectivity index is 4.03. The summed E-state index contributed by atoms with van der Waals surface area (Å²) in [6, 6.07) is 0. The van der Waals surface area contributed by atoms with E-state index in [2.05, 4.69) is 13.8 Å². The predicted octanol–water partition coefficient (Wildman–Crippen LogP) is 1.44. The Labute approximate surface area is 117 Å². The fraction of sp³-hybridized carbons (Fsp3) is 1.00. The molecule has 2 N–H and O–H groups in total. The quantitative estimate of drug-likeness (QED) is 0.516. The zero-order valence-electron chi connectivity index (χ0n) is 12.9. The Morgan fingerprint density at radius 1 is 1.00 bits per heavy atom. The first kappa shape index (κ1) is 18.8. The third-order valence-electron chi connectivity index (χ3n) is 3.21. The average molecular weight is 277 g/mol. The van der Waals surface area contributed by atoms with Crippen molar-refractivity contribution in [1.29, 1.82) is 0 Å². The number of hydrogen-bond donors (Lipinski definition) is 1. The molecule has 116 valence electrons. The molecular formula is C14H31NO4. The van der Waals surface area contributed by atoms with E-state index in [1.807, 2.05) is 6.92 Å². The highest BCUT2D eigenvalue weighted by Crippen LogP contribution is 2.17. The maximum Gasteiger partial charge on any atom is 0.0704 e. The van der Waals surface area contributed by atoms with Crippen LogP contribution in [0.4, 0.5) is 0 Å². The van der Waals surface area contributed by atoms with Gasteiger partial charge in [0.25, 0.3) is 0 Å². The molecule has 5 nitrogen and oxygen atoms in total. The van der Waals surface area contributed by atoms with Crippen LogP contribution in [0, 0.1) is 5.92 Å². The van der Waals surface area contributed by atoms with Crippen LogP contribution in [0.3, 0.4) is 0 Å². The first-order valence-corrected chi connectivity index (χ1v) is 7.17. The van der Waals surface area contributed by atoms with Crippen molar-refractivity contribution in [3.05, 3.63) is 0 Å². The van der Waals surface area contributed by atoms with E-state index in [1.54, 1.807) is 7.11 Å². The lowest BCUT2D eigenvalue weighted by Crippen LogP contribution is -2.34. The molecule has 3 atom stereocenters. The van der Waals surface area contributed by atoms with Crippen LogP contribution in [0.2, 0.25) is 0 Å². The van der Waals surface area contributed by atoms with Gasteiger partial charge < -0.3 is 24.7 Å². The van der Waals surface area contributed by atoms with Crippen LogP contribution >= 0.6 is 0 Å². The molecular weight excluding hydrogens is 246 g/mol. The second-order valence-corrected chi connectivity index (χ2v) is 4.61. The van der Waals surface area contributed by atoms with Crippen molar-refractivity contribution < 1.29 is 18.9 Å². The van der Waals surface area contributed by atoms with Crippen molar-refractivity contribution in [2.24, 2.45) is 11.7 Å². The van der Waals surface area contributed by atoms with E-state index >= 15 is 0 Å². The van der Waals surface area contributed by atoms with Gasteiger partial charge in [0.15, 0.2) is 0 Å². The molecule has 5 heteroatoms. The third kappa shape index (κ3) is 9.35. The first-order valence-electron chi connectivity index (χ1n) is 7.17. The van der Waals surface area contributed by atoms with E-state index in [1.165, 1.54) is 0 Å². The van der Waals surface area contributed by atoms with Gasteiger partial charge in [0.05, 0.1) is 38.6 Å². The zero-order chi connectivity index (χ0) is 14.5. The molecule has 0 aliphatic rings. The van der Waals surface area contributed by atoms with E-state index in [0.717, 1.165) is 13.0 Å². The Bertz CT molecular complexity index is 192. The summed E-state index contributed by atoms with van der Waals surface area (Å²) in [5.74, 6) is 0.294. The summed E-state index contributed by atoms with van der Waals surface area (Å²) in [6.07, 6.45) is 1.08. The van der Waals surface area contributed by atoms with E-state index in [4.69, 9.17) is 24.7 Å². The summed E-state index contributed by atoms with van der Waals surface area (Å²) < 4.78 is 21.8. The topological polar surface area (TPSA) is 62.9 Å². The number of nitrogens with two attached hydrogens (primary N) is 1. The lowest BCUT2D eigenvalue weighted by Gasteiger charge is -2.29. The normalized spacial score (nSPS) is 16.3. The summed E-state index contributed by atoms with van der Waals surface area (Å²) in [6.45, 7) is 9.97. The van der Waals surface area contributed by atoms with Crippen LogP contribution in [0.25, 0.3) is 0 Å². The molecule has 0 amide bonds. The minimum Gasteiger partial charge on any atom is -0.382 e. The lowest BCUT2D eigenvalue weighted by molar-refractivity contribution is -0.0722. The second-order valence-electron chi connectivity index (χ2n) is 4.61. The van der Waals surface area contributed by atoms with Crippen LogP contribution in [0.15, 0.2) is 0 Å². The van der Waals surface area contributed by atoms with Crippen LogP contribution in [0.5, 0.6) is 0 Å². The predicted molar refractivity (Wildman–Crippen MR) is 76.4 cm³/mol. The Hall–Kier alpha value is -0.200. The summed E-state index contributed by atoms with van der Waals surface area (Å²) in [4.78, 5) is 0. The maximum absolute atomic E-state index is 5.86. The number of methoxy groups -OCH3 is 1. The van der Waals surface area contributed by atoms with Gasteiger partial charge in [0.1, 0.15) is 0 Å². The van der Waals surface area contributed by atoms with Crippen LogP contribution in [-0.4, -0.2) is 58.9 Å². The van der Waals surface area contributed by atoms with Crippen molar-refractivity contribution in [3.8, 4) is 0 Å². The highest BCUT2D eigenvalue weighted by molar-refractivity contribution is 4.73. The minimum absolute atomic E-state index is 0.114. The molecule has 0 saturated heterocycles. The van der Waals surface area contributed by atoms with Crippen molar-refractivity contribution in [2.45, 2.75) is 39.4 Å². The Morgan fingerprint density at radius 3 is 2.26 bits per heavy atom. The third-order valence-corrected chi connectivity index (χ3v) is 3.21. The molecule has 0 aromatic rings. The SMILES string of the molecule is CCOCCOC(CCN)C(C)C(C)OCCOC. The van der Waals surface area contributed by atoms with Crippen molar-refractivity contribution in [3.63, 3.8) is 0 Å². The number of rotatable bonds is 13. The largest absolute Gasteiger partial charge is 0.382 e. The fourth-order valence-electron chi connectivity index (χ4n) is 1.84. The molecule has 0 aromatic carbocycles. The van der Waals surface area contributed by atoms with Crippen molar-refractivity contribution in [2.75, 3.05) is 46.7 Å². The van der Waals surface area contributed by atoms with Gasteiger partial charge in [-0.3, -0.25) is 0 Å². The lowest BCUT2D eigenvalue weighted by atomic mass is 9.96. The summed E-state index contributed by atoms with van der Waals surface area (Å²) in [5.41, 5.74) is 5.65. The molecule has 0 bridgehead atoms. The molecule has 19 heavy (non-hydrogen) atoms. The van der Waals surface area contributed by atoms with E-state index in [0.29, 0.717) is 38.9 Å². The van der Waals surface area contributed by atoms with E-state index < -0.39 is 0 Å². The van der Waals surface area contributed by atoms with Gasteiger partial charge >= 0.3 is 0 Å². The molecule has 0 aromatic heterocycles. The van der Waals surface area contributed by atoms with Crippen LogP contribution < -0.4 is 5.73 Å². The second kappa shape index (κ2) is 12.8. The average Bonchev–Trinajstić information content (AvgIpc) is 2.41. The van der Waals surface area contributed by atoms with Crippen molar-refractivity contribution >= 4 is 0 Å². The molecule has 0 radical (unpaired) electrons. The first-order chi connectivity index (χ1) is 9.17. The molecule has 3 unspecified atom stereocenters. The molecule has 0 aliphatic carbocycles. The maximum atomic E-state index is 5.86. The van der Waals surface area contributed by atoms with Gasteiger partial charge in [-0.25, -0.2) is 0 Å². The molecule has 0 fully saturated rings. The molecule has 0 heterocycles. The monoisotopic (exact) mass is 277 g/mol. The summed E-state index contributed by atoms with van der Waals surface area (Å²) in [5, 5.41) is 0. The molecule has 0 rings (SSSR count). The molecule has 0 spiro atoms. The minimum atomic E-state index is 0.114. The van der Waals surface area contributed by atoms with Gasteiger partial charge in [-0.05, 0) is 26.8 Å². The van der Waals surface area contributed by atoms with Crippen LogP contribution in [-0.2, 0) is 18.9 Å². The van der Waals surface area contributed by atoms with E-state index in [-0.39, 0.29) is 12.2 Å². The van der Waals surface area contributed by atoms with Crippen molar-refractivity contribution in [1.82, 2.24) is 0 Å². The van der Waals surface area contributed by atoms with Gasteiger partial charge in [-0.15, -0.1) is 0 Å². The van der Waals surface area contributed by atoms with Gasteiger partial charge in [0, 0.05) is 19.6 Å². The number of hydrogen-bond acceptors (Lipinski definition) is 5. The molecule has 0 aliphatic heterocycles. The summed E-state index contributed by atoms with van der Waals surface area (Å²) in [7, 11) is 1.67.